The zero-order chi connectivity index (χ0) is 14.2. The highest BCUT2D eigenvalue weighted by atomic mass is 16.5. The predicted molar refractivity (Wildman–Crippen MR) is 81.1 cm³/mol. The topological polar surface area (TPSA) is 41.6 Å². The molecule has 0 bridgehead atoms. The number of nitrogens with zero attached hydrogens (tertiary/aromatic N) is 1. The number of methoxy groups -OCH3 is 1. The molecule has 110 valence electrons. The second-order valence-electron chi connectivity index (χ2n) is 5.23. The van der Waals surface area contributed by atoms with E-state index in [0.29, 0.717) is 19.6 Å². The Kier molecular flexibility index (Phi) is 5.87. The molecule has 1 N–H and O–H groups in total. The number of carbonyl (C=O) groups excluding carboxylic acids is 1. The van der Waals surface area contributed by atoms with E-state index >= 15 is 0 Å². The lowest BCUT2D eigenvalue weighted by molar-refractivity contribution is -0.120. The smallest absolute Gasteiger partial charge is 0.224 e. The Labute approximate surface area is 121 Å². The third-order valence-electron chi connectivity index (χ3n) is 3.62. The molecule has 20 heavy (non-hydrogen) atoms. The van der Waals surface area contributed by atoms with Crippen molar-refractivity contribution in [1.82, 2.24) is 5.32 Å². The van der Waals surface area contributed by atoms with Crippen LogP contribution in [0.15, 0.2) is 24.3 Å². The van der Waals surface area contributed by atoms with Crippen molar-refractivity contribution in [2.24, 2.45) is 0 Å². The monoisotopic (exact) mass is 276 g/mol. The molecule has 0 saturated carbocycles. The van der Waals surface area contributed by atoms with E-state index < -0.39 is 0 Å². The summed E-state index contributed by atoms with van der Waals surface area (Å²) in [4.78, 5) is 14.2. The van der Waals surface area contributed by atoms with E-state index in [-0.39, 0.29) is 5.91 Å². The number of nitrogens with one attached hydrogen (secondary N) is 1. The molecule has 1 amide bonds. The summed E-state index contributed by atoms with van der Waals surface area (Å²) in [7, 11) is 1.67. The third-order valence-corrected chi connectivity index (χ3v) is 3.62. The van der Waals surface area contributed by atoms with Crippen molar-refractivity contribution in [2.75, 3.05) is 38.3 Å². The maximum atomic E-state index is 11.8. The minimum absolute atomic E-state index is 0.0787. The molecule has 1 aromatic carbocycles. The summed E-state index contributed by atoms with van der Waals surface area (Å²) in [6, 6.07) is 8.36. The van der Waals surface area contributed by atoms with E-state index in [1.165, 1.54) is 18.5 Å². The van der Waals surface area contributed by atoms with Crippen molar-refractivity contribution in [1.29, 1.82) is 0 Å². The molecule has 1 saturated heterocycles. The number of rotatable bonds is 7. The lowest BCUT2D eigenvalue weighted by atomic mass is 10.1. The van der Waals surface area contributed by atoms with Crippen LogP contribution in [-0.2, 0) is 16.0 Å². The summed E-state index contributed by atoms with van der Waals surface area (Å²) < 4.78 is 4.95. The molecule has 0 spiro atoms. The molecule has 1 heterocycles. The van der Waals surface area contributed by atoms with Crippen molar-refractivity contribution >= 4 is 11.6 Å². The largest absolute Gasteiger partial charge is 0.385 e. The second kappa shape index (κ2) is 7.90. The molecule has 4 heteroatoms. The van der Waals surface area contributed by atoms with Gasteiger partial charge in [-0.2, -0.15) is 0 Å². The lowest BCUT2D eigenvalue weighted by Gasteiger charge is -2.17. The van der Waals surface area contributed by atoms with Crippen molar-refractivity contribution in [2.45, 2.75) is 25.7 Å². The molecular formula is C16H24N2O2. The normalized spacial score (nSPS) is 14.6. The molecule has 0 aromatic heterocycles. The number of amides is 1. The van der Waals surface area contributed by atoms with Gasteiger partial charge >= 0.3 is 0 Å². The van der Waals surface area contributed by atoms with Gasteiger partial charge in [0.05, 0.1) is 6.42 Å². The Morgan fingerprint density at radius 3 is 2.60 bits per heavy atom. The first-order chi connectivity index (χ1) is 9.79. The van der Waals surface area contributed by atoms with E-state index in [2.05, 4.69) is 34.5 Å². The standard InChI is InChI=1S/C16H24N2O2/c1-20-12-4-9-17-16(19)13-14-5-7-15(8-6-14)18-10-2-3-11-18/h5-8H,2-4,9-13H2,1H3,(H,17,19). The van der Waals surface area contributed by atoms with Crippen LogP contribution in [0.5, 0.6) is 0 Å². The van der Waals surface area contributed by atoms with Crippen LogP contribution >= 0.6 is 0 Å². The first-order valence-corrected chi connectivity index (χ1v) is 7.39. The van der Waals surface area contributed by atoms with E-state index in [4.69, 9.17) is 4.74 Å². The number of benzene rings is 1. The molecular weight excluding hydrogens is 252 g/mol. The van der Waals surface area contributed by atoms with Crippen LogP contribution in [0.3, 0.4) is 0 Å². The highest BCUT2D eigenvalue weighted by Gasteiger charge is 2.12. The summed E-state index contributed by atoms with van der Waals surface area (Å²) in [5.41, 5.74) is 2.34. The quantitative estimate of drug-likeness (QED) is 0.774. The van der Waals surface area contributed by atoms with Gasteiger partial charge in [-0.3, -0.25) is 4.79 Å². The minimum atomic E-state index is 0.0787. The van der Waals surface area contributed by atoms with Crippen molar-refractivity contribution in [3.63, 3.8) is 0 Å². The first kappa shape index (κ1) is 14.9. The van der Waals surface area contributed by atoms with Gasteiger partial charge in [-0.1, -0.05) is 12.1 Å². The highest BCUT2D eigenvalue weighted by molar-refractivity contribution is 5.78. The third kappa shape index (κ3) is 4.53. The van der Waals surface area contributed by atoms with Gasteiger partial charge in [0.15, 0.2) is 0 Å². The Hall–Kier alpha value is -1.55. The number of carbonyl (C=O) groups is 1. The van der Waals surface area contributed by atoms with Crippen LogP contribution < -0.4 is 10.2 Å². The fourth-order valence-electron chi connectivity index (χ4n) is 2.49. The van der Waals surface area contributed by atoms with Crippen LogP contribution in [0, 0.1) is 0 Å². The van der Waals surface area contributed by atoms with E-state index in [0.717, 1.165) is 25.1 Å². The SMILES string of the molecule is COCCCNC(=O)Cc1ccc(N2CCCC2)cc1. The minimum Gasteiger partial charge on any atom is -0.385 e. The van der Waals surface area contributed by atoms with Gasteiger partial charge in [0.1, 0.15) is 0 Å². The van der Waals surface area contributed by atoms with Crippen LogP contribution in [0.25, 0.3) is 0 Å². The fraction of sp³-hybridized carbons (Fsp3) is 0.562. The van der Waals surface area contributed by atoms with Gasteiger partial charge in [-0.15, -0.1) is 0 Å². The molecule has 1 aliphatic heterocycles. The Bertz CT molecular complexity index is 411. The number of hydrogen-bond acceptors (Lipinski definition) is 3. The molecule has 1 fully saturated rings. The summed E-state index contributed by atoms with van der Waals surface area (Å²) in [5.74, 6) is 0.0787. The maximum absolute atomic E-state index is 11.8. The van der Waals surface area contributed by atoms with Crippen LogP contribution in [0.2, 0.25) is 0 Å². The number of hydrogen-bond donors (Lipinski definition) is 1. The Morgan fingerprint density at radius 1 is 1.25 bits per heavy atom. The van der Waals surface area contributed by atoms with E-state index in [1.54, 1.807) is 7.11 Å². The number of anilines is 1. The highest BCUT2D eigenvalue weighted by Crippen LogP contribution is 2.20. The summed E-state index contributed by atoms with van der Waals surface area (Å²) >= 11 is 0. The van der Waals surface area contributed by atoms with E-state index in [1.807, 2.05) is 0 Å². The average molecular weight is 276 g/mol. The van der Waals surface area contributed by atoms with Crippen molar-refractivity contribution < 1.29 is 9.53 Å². The van der Waals surface area contributed by atoms with Crippen LogP contribution in [-0.4, -0.2) is 39.3 Å². The number of ether oxygens (including phenoxy) is 1. The summed E-state index contributed by atoms with van der Waals surface area (Å²) in [6.45, 7) is 3.67. The molecule has 2 rings (SSSR count). The molecule has 0 radical (unpaired) electrons. The lowest BCUT2D eigenvalue weighted by Crippen LogP contribution is -2.26. The summed E-state index contributed by atoms with van der Waals surface area (Å²) in [5, 5.41) is 2.91. The van der Waals surface area contributed by atoms with Crippen LogP contribution in [0.1, 0.15) is 24.8 Å². The fourth-order valence-corrected chi connectivity index (χ4v) is 2.49. The average Bonchev–Trinajstić information content (AvgIpc) is 2.99. The molecule has 0 aliphatic carbocycles. The Morgan fingerprint density at radius 2 is 1.95 bits per heavy atom. The zero-order valence-corrected chi connectivity index (χ0v) is 12.2. The molecule has 1 aromatic rings. The molecule has 1 aliphatic rings. The van der Waals surface area contributed by atoms with E-state index in [9.17, 15) is 4.79 Å². The summed E-state index contributed by atoms with van der Waals surface area (Å²) in [6.07, 6.45) is 3.88. The van der Waals surface area contributed by atoms with Gasteiger partial charge in [0, 0.05) is 39.0 Å². The van der Waals surface area contributed by atoms with Crippen LogP contribution in [0.4, 0.5) is 5.69 Å². The second-order valence-corrected chi connectivity index (χ2v) is 5.23. The van der Waals surface area contributed by atoms with Gasteiger partial charge in [-0.25, -0.2) is 0 Å². The molecule has 0 atom stereocenters. The van der Waals surface area contributed by atoms with Crippen molar-refractivity contribution in [3.8, 4) is 0 Å². The zero-order valence-electron chi connectivity index (χ0n) is 12.2. The van der Waals surface area contributed by atoms with Gasteiger partial charge < -0.3 is 15.0 Å². The predicted octanol–water partition coefficient (Wildman–Crippen LogP) is 1.98. The Balaban J connectivity index is 1.76. The van der Waals surface area contributed by atoms with Gasteiger partial charge in [0.2, 0.25) is 5.91 Å². The molecule has 4 nitrogen and oxygen atoms in total. The van der Waals surface area contributed by atoms with Crippen molar-refractivity contribution in [3.05, 3.63) is 29.8 Å². The molecule has 0 unspecified atom stereocenters. The first-order valence-electron chi connectivity index (χ1n) is 7.39. The maximum Gasteiger partial charge on any atom is 0.224 e. The van der Waals surface area contributed by atoms with Gasteiger partial charge in [0.25, 0.3) is 0 Å². The van der Waals surface area contributed by atoms with Gasteiger partial charge in [-0.05, 0) is 37.0 Å².